The zero-order valence-electron chi connectivity index (χ0n) is 41.3. The number of rotatable bonds is 7. The molecule has 0 spiro atoms. The number of pyridine rings is 1. The summed E-state index contributed by atoms with van der Waals surface area (Å²) in [5, 5.41) is 4.98. The summed E-state index contributed by atoms with van der Waals surface area (Å²) >= 11 is 1.86. The third-order valence-electron chi connectivity index (χ3n) is 14.2. The Morgan fingerprint density at radius 2 is 1.19 bits per heavy atom. The molecule has 0 aliphatic heterocycles. The fourth-order valence-corrected chi connectivity index (χ4v) is 12.6. The van der Waals surface area contributed by atoms with Gasteiger partial charge in [0.1, 0.15) is 28.7 Å². The number of benzene rings is 8. The number of hydrogen-bond acceptors (Lipinski definition) is 3. The number of fused-ring (bicyclic) bond motifs is 8. The molecule has 0 saturated heterocycles. The van der Waals surface area contributed by atoms with Crippen molar-refractivity contribution in [1.29, 1.82) is 0 Å². The molecule has 342 valence electrons. The number of ether oxygens (including phenoxy) is 1. The van der Waals surface area contributed by atoms with E-state index in [0.29, 0.717) is 0 Å². The Hall–Kier alpha value is -7.80. The van der Waals surface area contributed by atoms with Crippen LogP contribution in [0.5, 0.6) is 11.5 Å². The van der Waals surface area contributed by atoms with Crippen LogP contribution in [-0.2, 0) is 5.41 Å². The average Bonchev–Trinajstić information content (AvgIpc) is 4.01. The van der Waals surface area contributed by atoms with Crippen LogP contribution in [0.25, 0.3) is 92.5 Å². The minimum atomic E-state index is -0.0389. The molecular formula is C64H55N4OS+. The van der Waals surface area contributed by atoms with E-state index >= 15 is 0 Å². The van der Waals surface area contributed by atoms with E-state index in [0.717, 1.165) is 50.8 Å². The summed E-state index contributed by atoms with van der Waals surface area (Å²) in [6.45, 7) is 20.1. The van der Waals surface area contributed by atoms with Gasteiger partial charge in [0.05, 0.1) is 11.0 Å². The number of hydrogen-bond donors (Lipinski definition) is 0. The molecule has 0 fully saturated rings. The van der Waals surface area contributed by atoms with Crippen LogP contribution in [-0.4, -0.2) is 14.1 Å². The molecule has 12 rings (SSSR count). The molecule has 4 heterocycles. The maximum atomic E-state index is 6.93. The lowest BCUT2D eigenvalue weighted by molar-refractivity contribution is -0.566. The topological polar surface area (TPSA) is 35.9 Å². The maximum absolute atomic E-state index is 6.93. The molecule has 0 unspecified atom stereocenters. The summed E-state index contributed by atoms with van der Waals surface area (Å²) in [4.78, 5) is 5.02. The molecule has 5 nitrogen and oxygen atoms in total. The van der Waals surface area contributed by atoms with Gasteiger partial charge < -0.3 is 4.74 Å². The fraction of sp³-hybridized carbons (Fsp3) is 0.156. The molecule has 0 aliphatic carbocycles. The van der Waals surface area contributed by atoms with Gasteiger partial charge in [-0.3, -0.25) is 4.57 Å². The molecule has 0 atom stereocenters. The number of imidazole rings is 1. The van der Waals surface area contributed by atoms with Crippen LogP contribution in [0.4, 0.5) is 0 Å². The predicted molar refractivity (Wildman–Crippen MR) is 294 cm³/mol. The lowest BCUT2D eigenvalue weighted by atomic mass is 9.87. The van der Waals surface area contributed by atoms with Crippen molar-refractivity contribution < 1.29 is 9.30 Å². The first-order valence-corrected chi connectivity index (χ1v) is 25.1. The van der Waals surface area contributed by atoms with Crippen molar-refractivity contribution >= 4 is 64.3 Å². The van der Waals surface area contributed by atoms with Gasteiger partial charge in [-0.05, 0) is 147 Å². The monoisotopic (exact) mass is 927 g/mol. The Morgan fingerprint density at radius 3 is 1.90 bits per heavy atom. The molecular weight excluding hydrogens is 873 g/mol. The minimum Gasteiger partial charge on any atom is -0.457 e. The van der Waals surface area contributed by atoms with Crippen LogP contribution < -0.4 is 9.30 Å². The molecule has 0 saturated carbocycles. The van der Waals surface area contributed by atoms with E-state index in [2.05, 4.69) is 240 Å². The number of thiophene rings is 1. The zero-order valence-corrected chi connectivity index (χ0v) is 42.1. The summed E-state index contributed by atoms with van der Waals surface area (Å²) in [7, 11) is 0. The zero-order chi connectivity index (χ0) is 48.2. The van der Waals surface area contributed by atoms with Gasteiger partial charge >= 0.3 is 0 Å². The van der Waals surface area contributed by atoms with E-state index in [1.165, 1.54) is 92.1 Å². The highest BCUT2D eigenvalue weighted by Gasteiger charge is 2.28. The highest BCUT2D eigenvalue weighted by molar-refractivity contribution is 7.26. The molecule has 12 aromatic rings. The molecule has 0 amide bonds. The summed E-state index contributed by atoms with van der Waals surface area (Å²) in [5.74, 6) is 2.40. The SMILES string of the molecule is Cc1cc(C)c(-c2cccc(-c3c(C)cc(C)cc3C)c2-[n+]2cn(-c3cccc(Oc4ccc5c6c7sc8ccccc8c7ccc6n(-c6cc(C(C)(C)C)ccn6)c5c4)c3)c3ccccc32)c(C)c1. The van der Waals surface area contributed by atoms with E-state index in [-0.39, 0.29) is 5.41 Å². The molecule has 4 aromatic heterocycles. The number of para-hydroxylation sites is 3. The van der Waals surface area contributed by atoms with Crippen molar-refractivity contribution in [3.63, 3.8) is 0 Å². The van der Waals surface area contributed by atoms with Crippen LogP contribution in [0.1, 0.15) is 59.7 Å². The highest BCUT2D eigenvalue weighted by Crippen LogP contribution is 2.45. The second kappa shape index (κ2) is 16.4. The molecule has 70 heavy (non-hydrogen) atoms. The van der Waals surface area contributed by atoms with Gasteiger partial charge in [-0.25, -0.2) is 4.98 Å². The first-order valence-electron chi connectivity index (χ1n) is 24.3. The van der Waals surface area contributed by atoms with E-state index in [1.54, 1.807) is 0 Å². The summed E-state index contributed by atoms with van der Waals surface area (Å²) in [6.07, 6.45) is 4.21. The van der Waals surface area contributed by atoms with Gasteiger partial charge in [-0.1, -0.05) is 117 Å². The third kappa shape index (κ3) is 7.11. The molecule has 0 radical (unpaired) electrons. The van der Waals surface area contributed by atoms with Crippen molar-refractivity contribution in [3.8, 4) is 50.9 Å². The Balaban J connectivity index is 1.01. The molecule has 0 bridgehead atoms. The number of aromatic nitrogens is 4. The number of nitrogens with zero attached hydrogens (tertiary/aromatic N) is 4. The normalized spacial score (nSPS) is 12.1. The first kappa shape index (κ1) is 43.5. The lowest BCUT2D eigenvalue weighted by Gasteiger charge is -2.20. The standard InChI is InChI=1S/C64H55N4OS/c1-38-30-40(3)59(41(4)31-38)51-19-15-20-52(60-42(5)32-39(2)33-43(60)6)62(51)67-37-66(53-21-11-12-22-54(53)67)45-16-14-17-46(35-45)69-47-24-25-50-56(36-47)68(58-34-44(28-29-65-58)64(7,8)9)55-27-26-49-48-18-10-13-23-57(48)70-63(49)61(50)55/h10-37H,1-9H3/q+1. The van der Waals surface area contributed by atoms with Crippen molar-refractivity contribution in [3.05, 3.63) is 209 Å². The fourth-order valence-electron chi connectivity index (χ4n) is 11.3. The number of aryl methyl sites for hydroxylation is 6. The predicted octanol–water partition coefficient (Wildman–Crippen LogP) is 17.0. The maximum Gasteiger partial charge on any atom is 0.255 e. The van der Waals surface area contributed by atoms with Gasteiger partial charge in [0, 0.05) is 60.4 Å². The van der Waals surface area contributed by atoms with E-state index in [9.17, 15) is 0 Å². The minimum absolute atomic E-state index is 0.0389. The van der Waals surface area contributed by atoms with Crippen LogP contribution in [0.2, 0.25) is 0 Å². The highest BCUT2D eigenvalue weighted by atomic mass is 32.1. The van der Waals surface area contributed by atoms with Crippen molar-refractivity contribution in [2.75, 3.05) is 0 Å². The van der Waals surface area contributed by atoms with Crippen molar-refractivity contribution in [2.45, 2.75) is 67.7 Å². The Kier molecular flexibility index (Phi) is 10.2. The smallest absolute Gasteiger partial charge is 0.255 e. The molecule has 6 heteroatoms. The van der Waals surface area contributed by atoms with Gasteiger partial charge in [-0.15, -0.1) is 11.3 Å². The van der Waals surface area contributed by atoms with E-state index in [1.807, 2.05) is 17.5 Å². The molecule has 8 aromatic carbocycles. The first-order chi connectivity index (χ1) is 33.8. The van der Waals surface area contributed by atoms with Gasteiger partial charge in [0.2, 0.25) is 0 Å². The Labute approximate surface area is 413 Å². The summed E-state index contributed by atoms with van der Waals surface area (Å²) in [5.41, 5.74) is 20.3. The second-order valence-electron chi connectivity index (χ2n) is 20.3. The van der Waals surface area contributed by atoms with Gasteiger partial charge in [0.15, 0.2) is 11.0 Å². The van der Waals surface area contributed by atoms with Crippen molar-refractivity contribution in [2.24, 2.45) is 0 Å². The summed E-state index contributed by atoms with van der Waals surface area (Å²) in [6, 6.07) is 57.5. The average molecular weight is 928 g/mol. The van der Waals surface area contributed by atoms with E-state index in [4.69, 9.17) is 9.72 Å². The van der Waals surface area contributed by atoms with Gasteiger partial charge in [-0.2, -0.15) is 9.13 Å². The Morgan fingerprint density at radius 1 is 0.543 bits per heavy atom. The van der Waals surface area contributed by atoms with Crippen molar-refractivity contribution in [1.82, 2.24) is 14.1 Å². The van der Waals surface area contributed by atoms with Crippen LogP contribution in [0, 0.1) is 41.5 Å². The van der Waals surface area contributed by atoms with Crippen LogP contribution >= 0.6 is 11.3 Å². The quantitative estimate of drug-likeness (QED) is 0.149. The molecule has 0 aliphatic rings. The van der Waals surface area contributed by atoms with Crippen LogP contribution in [0.15, 0.2) is 170 Å². The Bertz CT molecular complexity index is 3980. The summed E-state index contributed by atoms with van der Waals surface area (Å²) < 4.78 is 16.5. The largest absolute Gasteiger partial charge is 0.457 e. The second-order valence-corrected chi connectivity index (χ2v) is 21.3. The van der Waals surface area contributed by atoms with Crippen LogP contribution in [0.3, 0.4) is 0 Å². The molecule has 0 N–H and O–H groups in total. The lowest BCUT2D eigenvalue weighted by Crippen LogP contribution is -2.31. The van der Waals surface area contributed by atoms with Gasteiger partial charge in [0.25, 0.3) is 6.33 Å². The van der Waals surface area contributed by atoms with E-state index < -0.39 is 0 Å². The third-order valence-corrected chi connectivity index (χ3v) is 15.4.